The van der Waals surface area contributed by atoms with Gasteiger partial charge in [0.1, 0.15) is 19.8 Å². The molecule has 0 radical (unpaired) electrons. The van der Waals surface area contributed by atoms with Gasteiger partial charge in [-0.2, -0.15) is 0 Å². The molecular formula is C77H148NO8P. The van der Waals surface area contributed by atoms with E-state index in [-0.39, 0.29) is 32.0 Å². The van der Waals surface area contributed by atoms with Gasteiger partial charge in [0.15, 0.2) is 6.10 Å². The van der Waals surface area contributed by atoms with Crippen LogP contribution in [-0.4, -0.2) is 70.0 Å². The van der Waals surface area contributed by atoms with Crippen molar-refractivity contribution in [2.24, 2.45) is 0 Å². The van der Waals surface area contributed by atoms with Gasteiger partial charge in [-0.1, -0.05) is 365 Å². The number of phosphoric ester groups is 1. The van der Waals surface area contributed by atoms with Crippen molar-refractivity contribution in [3.8, 4) is 0 Å². The molecule has 0 amide bonds. The van der Waals surface area contributed by atoms with Gasteiger partial charge in [-0.15, -0.1) is 0 Å². The fourth-order valence-corrected chi connectivity index (χ4v) is 12.3. The second-order valence-corrected chi connectivity index (χ2v) is 28.8. The number of esters is 2. The summed E-state index contributed by atoms with van der Waals surface area (Å²) in [6.45, 7) is 4.30. The van der Waals surface area contributed by atoms with Crippen LogP contribution in [0.4, 0.5) is 0 Å². The number of carbonyl (C=O) groups excluding carboxylic acids is 2. The summed E-state index contributed by atoms with van der Waals surface area (Å²) in [5.74, 6) is -0.812. The lowest BCUT2D eigenvalue weighted by atomic mass is 10.0. The summed E-state index contributed by atoms with van der Waals surface area (Å²) >= 11 is 0. The van der Waals surface area contributed by atoms with Crippen molar-refractivity contribution in [1.82, 2.24) is 0 Å². The van der Waals surface area contributed by atoms with E-state index in [4.69, 9.17) is 18.5 Å². The maximum Gasteiger partial charge on any atom is 0.306 e. The lowest BCUT2D eigenvalue weighted by molar-refractivity contribution is -0.870. The van der Waals surface area contributed by atoms with Gasteiger partial charge in [-0.3, -0.25) is 14.2 Å². The van der Waals surface area contributed by atoms with Crippen molar-refractivity contribution in [1.29, 1.82) is 0 Å². The van der Waals surface area contributed by atoms with Crippen LogP contribution >= 0.6 is 7.82 Å². The summed E-state index contributed by atoms with van der Waals surface area (Å²) in [5, 5.41) is 0. The summed E-state index contributed by atoms with van der Waals surface area (Å²) in [4.78, 5) is 38.1. The Morgan fingerprint density at radius 1 is 0.356 bits per heavy atom. The van der Waals surface area contributed by atoms with Gasteiger partial charge in [0.2, 0.25) is 0 Å². The lowest BCUT2D eigenvalue weighted by Crippen LogP contribution is -2.37. The highest BCUT2D eigenvalue weighted by Crippen LogP contribution is 2.38. The van der Waals surface area contributed by atoms with Crippen LogP contribution in [-0.2, 0) is 32.7 Å². The zero-order valence-electron chi connectivity index (χ0n) is 58.7. The van der Waals surface area contributed by atoms with Crippen molar-refractivity contribution >= 4 is 19.8 Å². The number of carbonyl (C=O) groups is 2. The van der Waals surface area contributed by atoms with E-state index < -0.39 is 26.5 Å². The predicted octanol–water partition coefficient (Wildman–Crippen LogP) is 24.4. The summed E-state index contributed by atoms with van der Waals surface area (Å²) in [7, 11) is 1.19. The standard InChI is InChI=1S/C77H148NO8P/c1-6-8-10-12-14-16-18-20-22-24-26-28-30-32-34-36-37-38-39-40-42-43-45-47-49-51-53-55-57-59-61-63-65-67-69-76(79)83-73-75(74-85-87(81,82)84-72-71-78(3,4)5)86-77(80)70-68-66-64-62-60-58-56-54-52-50-48-46-44-41-35-33-31-29-27-25-23-21-19-17-15-13-11-9-7-2/h19,21,25,27,31,33,75H,6-18,20,22-24,26,28-30,32,34-74H2,1-5H3/b21-19-,27-25-,33-31-. The zero-order chi connectivity index (χ0) is 63.4. The maximum atomic E-state index is 12.9. The highest BCUT2D eigenvalue weighted by molar-refractivity contribution is 7.45. The highest BCUT2D eigenvalue weighted by Gasteiger charge is 2.22. The first-order chi connectivity index (χ1) is 42.5. The summed E-state index contributed by atoms with van der Waals surface area (Å²) < 4.78 is 34.4. The van der Waals surface area contributed by atoms with Crippen LogP contribution in [0.5, 0.6) is 0 Å². The number of ether oxygens (including phenoxy) is 2. The molecule has 0 aliphatic rings. The minimum atomic E-state index is -4.64. The van der Waals surface area contributed by atoms with Crippen LogP contribution in [0.15, 0.2) is 36.5 Å². The van der Waals surface area contributed by atoms with Crippen molar-refractivity contribution in [2.75, 3.05) is 47.5 Å². The van der Waals surface area contributed by atoms with Crippen LogP contribution in [0.1, 0.15) is 393 Å². The van der Waals surface area contributed by atoms with E-state index in [0.29, 0.717) is 17.4 Å². The monoisotopic (exact) mass is 1250 g/mol. The molecule has 0 aliphatic carbocycles. The van der Waals surface area contributed by atoms with E-state index in [9.17, 15) is 19.0 Å². The van der Waals surface area contributed by atoms with E-state index in [0.717, 1.165) is 51.4 Å². The molecule has 0 aliphatic heterocycles. The van der Waals surface area contributed by atoms with Gasteiger partial charge in [0.25, 0.3) is 7.82 Å². The molecule has 0 aromatic heterocycles. The molecule has 2 unspecified atom stereocenters. The van der Waals surface area contributed by atoms with Crippen molar-refractivity contribution in [2.45, 2.75) is 399 Å². The Kier molecular flexibility index (Phi) is 67.2. The highest BCUT2D eigenvalue weighted by atomic mass is 31.2. The smallest absolute Gasteiger partial charge is 0.306 e. The van der Waals surface area contributed by atoms with Crippen LogP contribution in [0.25, 0.3) is 0 Å². The molecule has 10 heteroatoms. The first kappa shape index (κ1) is 85.2. The number of rotatable bonds is 72. The Labute approximate surface area is 541 Å². The Bertz CT molecular complexity index is 1560. The van der Waals surface area contributed by atoms with E-state index >= 15 is 0 Å². The van der Waals surface area contributed by atoms with Gasteiger partial charge >= 0.3 is 11.9 Å². The second-order valence-electron chi connectivity index (χ2n) is 27.4. The molecule has 0 spiro atoms. The molecule has 87 heavy (non-hydrogen) atoms. The van der Waals surface area contributed by atoms with Gasteiger partial charge < -0.3 is 27.9 Å². The lowest BCUT2D eigenvalue weighted by Gasteiger charge is -2.28. The van der Waals surface area contributed by atoms with Crippen LogP contribution in [0.2, 0.25) is 0 Å². The number of nitrogens with zero attached hydrogens (tertiary/aromatic N) is 1. The van der Waals surface area contributed by atoms with E-state index in [1.807, 2.05) is 21.1 Å². The third-order valence-electron chi connectivity index (χ3n) is 17.4. The van der Waals surface area contributed by atoms with Crippen molar-refractivity contribution < 1.29 is 42.1 Å². The predicted molar refractivity (Wildman–Crippen MR) is 374 cm³/mol. The average molecular weight is 1250 g/mol. The molecule has 0 rings (SSSR count). The number of hydrogen-bond donors (Lipinski definition) is 0. The van der Waals surface area contributed by atoms with E-state index in [1.54, 1.807) is 0 Å². The maximum absolute atomic E-state index is 12.9. The minimum absolute atomic E-state index is 0.0284. The summed E-state index contributed by atoms with van der Waals surface area (Å²) in [6.07, 6.45) is 88.3. The topological polar surface area (TPSA) is 111 Å². The van der Waals surface area contributed by atoms with Gasteiger partial charge in [-0.25, -0.2) is 0 Å². The van der Waals surface area contributed by atoms with E-state index in [2.05, 4.69) is 50.3 Å². The van der Waals surface area contributed by atoms with Crippen LogP contribution in [0, 0.1) is 0 Å². The molecule has 0 aromatic carbocycles. The SMILES string of the molecule is CCCCCCC/C=C\C/C=C\C/C=C\CCCCCCCCCCCCCCCCC(=O)OC(COC(=O)CCCCCCCCCCCCCCCCCCCCCCCCCCCCCCCCCCCC)COP(=O)([O-])OCC[N+](C)(C)C. The minimum Gasteiger partial charge on any atom is -0.756 e. The Hall–Kier alpha value is -1.77. The van der Waals surface area contributed by atoms with Gasteiger partial charge in [0.05, 0.1) is 27.7 Å². The van der Waals surface area contributed by atoms with Crippen LogP contribution < -0.4 is 4.89 Å². The third-order valence-corrected chi connectivity index (χ3v) is 18.4. The first-order valence-corrected chi connectivity index (χ1v) is 39.7. The van der Waals surface area contributed by atoms with Crippen LogP contribution in [0.3, 0.4) is 0 Å². The number of unbranched alkanes of at least 4 members (excludes halogenated alkanes) is 52. The molecule has 2 atom stereocenters. The number of phosphoric acid groups is 1. The Morgan fingerprint density at radius 2 is 0.621 bits per heavy atom. The molecule has 0 N–H and O–H groups in total. The second kappa shape index (κ2) is 68.6. The molecular weight excluding hydrogens is 1100 g/mol. The first-order valence-electron chi connectivity index (χ1n) is 38.2. The molecule has 0 saturated heterocycles. The number of allylic oxidation sites excluding steroid dienone is 6. The fraction of sp³-hybridized carbons (Fsp3) is 0.896. The van der Waals surface area contributed by atoms with E-state index in [1.165, 1.54) is 308 Å². The summed E-state index contributed by atoms with van der Waals surface area (Å²) in [5.41, 5.74) is 0. The number of quaternary nitrogens is 1. The Balaban J connectivity index is 3.94. The molecule has 0 heterocycles. The molecule has 0 fully saturated rings. The van der Waals surface area contributed by atoms with Gasteiger partial charge in [0, 0.05) is 12.8 Å². The zero-order valence-corrected chi connectivity index (χ0v) is 59.6. The number of hydrogen-bond acceptors (Lipinski definition) is 8. The molecule has 0 saturated carbocycles. The van der Waals surface area contributed by atoms with Crippen molar-refractivity contribution in [3.05, 3.63) is 36.5 Å². The molecule has 9 nitrogen and oxygen atoms in total. The normalized spacial score (nSPS) is 13.2. The molecule has 0 bridgehead atoms. The Morgan fingerprint density at radius 3 is 0.920 bits per heavy atom. The third kappa shape index (κ3) is 73.2. The van der Waals surface area contributed by atoms with Crippen molar-refractivity contribution in [3.63, 3.8) is 0 Å². The average Bonchev–Trinajstić information content (AvgIpc) is 3.56. The quantitative estimate of drug-likeness (QED) is 0.0195. The largest absolute Gasteiger partial charge is 0.756 e. The fourth-order valence-electron chi connectivity index (χ4n) is 11.6. The number of likely N-dealkylation sites (N-methyl/N-ethyl adjacent to an activating group) is 1. The summed E-state index contributed by atoms with van der Waals surface area (Å²) in [6, 6.07) is 0. The molecule has 0 aromatic rings. The molecule has 514 valence electrons. The van der Waals surface area contributed by atoms with Gasteiger partial charge in [-0.05, 0) is 51.4 Å².